The molecule has 1 atom stereocenters. The van der Waals surface area contributed by atoms with Crippen LogP contribution in [0.4, 0.5) is 0 Å². The molecule has 1 rings (SSSR count). The van der Waals surface area contributed by atoms with Crippen LogP contribution in [0.15, 0.2) is 12.7 Å². The topological polar surface area (TPSA) is 20.2 Å². The third-order valence-electron chi connectivity index (χ3n) is 3.81. The molecule has 0 aliphatic heterocycles. The number of hydrogen-bond acceptors (Lipinski definition) is 1. The molecule has 88 valence electrons. The maximum absolute atomic E-state index is 9.87. The van der Waals surface area contributed by atoms with Gasteiger partial charge in [0.05, 0.1) is 6.10 Å². The molecular formula is C14H26O. The van der Waals surface area contributed by atoms with Crippen molar-refractivity contribution >= 4 is 0 Å². The molecule has 1 saturated carbocycles. The molecule has 0 aromatic heterocycles. The van der Waals surface area contributed by atoms with Crippen molar-refractivity contribution in [1.29, 1.82) is 0 Å². The lowest BCUT2D eigenvalue weighted by atomic mass is 9.77. The predicted octanol–water partition coefficient (Wildman–Crippen LogP) is 3.92. The van der Waals surface area contributed by atoms with E-state index in [0.717, 1.165) is 12.3 Å². The van der Waals surface area contributed by atoms with Crippen LogP contribution in [-0.4, -0.2) is 11.2 Å². The van der Waals surface area contributed by atoms with Crippen LogP contribution in [0.5, 0.6) is 0 Å². The minimum Gasteiger partial charge on any atom is -0.393 e. The fourth-order valence-electron chi connectivity index (χ4n) is 2.72. The van der Waals surface area contributed by atoms with Crippen molar-refractivity contribution < 1.29 is 5.11 Å². The lowest BCUT2D eigenvalue weighted by Crippen LogP contribution is -2.25. The summed E-state index contributed by atoms with van der Waals surface area (Å²) in [5.74, 6) is 1.48. The Bertz CT molecular complexity index is 168. The van der Waals surface area contributed by atoms with E-state index in [0.29, 0.717) is 5.92 Å². The first-order valence-electron chi connectivity index (χ1n) is 6.56. The monoisotopic (exact) mass is 210 g/mol. The predicted molar refractivity (Wildman–Crippen MR) is 65.8 cm³/mol. The van der Waals surface area contributed by atoms with E-state index in [4.69, 9.17) is 0 Å². The maximum Gasteiger partial charge on any atom is 0.0602 e. The van der Waals surface area contributed by atoms with Crippen molar-refractivity contribution in [2.24, 2.45) is 11.8 Å². The van der Waals surface area contributed by atoms with E-state index in [1.54, 1.807) is 0 Å². The zero-order valence-corrected chi connectivity index (χ0v) is 10.1. The van der Waals surface area contributed by atoms with Gasteiger partial charge in [-0.1, -0.05) is 45.1 Å². The summed E-state index contributed by atoms with van der Waals surface area (Å²) >= 11 is 0. The Morgan fingerprint density at radius 3 is 2.53 bits per heavy atom. The summed E-state index contributed by atoms with van der Waals surface area (Å²) in [5, 5.41) is 9.87. The fraction of sp³-hybridized carbons (Fsp3) is 0.857. The number of aliphatic hydroxyl groups excluding tert-OH is 1. The maximum atomic E-state index is 9.87. The van der Waals surface area contributed by atoms with Crippen LogP contribution in [0.2, 0.25) is 0 Å². The molecule has 1 nitrogen and oxygen atoms in total. The third-order valence-corrected chi connectivity index (χ3v) is 3.81. The van der Waals surface area contributed by atoms with Crippen LogP contribution in [0, 0.1) is 11.8 Å². The molecule has 0 heterocycles. The number of rotatable bonds is 6. The average molecular weight is 210 g/mol. The Morgan fingerprint density at radius 1 is 1.33 bits per heavy atom. The molecule has 0 saturated heterocycles. The third kappa shape index (κ3) is 4.38. The Morgan fingerprint density at radius 2 is 2.00 bits per heavy atom. The van der Waals surface area contributed by atoms with E-state index in [-0.39, 0.29) is 6.10 Å². The van der Waals surface area contributed by atoms with Crippen molar-refractivity contribution in [1.82, 2.24) is 0 Å². The zero-order valence-electron chi connectivity index (χ0n) is 10.1. The van der Waals surface area contributed by atoms with E-state index < -0.39 is 0 Å². The Labute approximate surface area is 94.6 Å². The molecule has 15 heavy (non-hydrogen) atoms. The molecule has 1 fully saturated rings. The van der Waals surface area contributed by atoms with Gasteiger partial charge in [-0.05, 0) is 31.1 Å². The van der Waals surface area contributed by atoms with Gasteiger partial charge in [0.15, 0.2) is 0 Å². The second-order valence-electron chi connectivity index (χ2n) is 5.01. The van der Waals surface area contributed by atoms with Gasteiger partial charge < -0.3 is 5.11 Å². The molecule has 1 heteroatoms. The molecular weight excluding hydrogens is 184 g/mol. The highest BCUT2D eigenvalue weighted by atomic mass is 16.3. The summed E-state index contributed by atoms with van der Waals surface area (Å²) in [6.07, 6.45) is 11.7. The summed E-state index contributed by atoms with van der Waals surface area (Å²) in [7, 11) is 0. The summed E-state index contributed by atoms with van der Waals surface area (Å²) in [6, 6.07) is 0. The summed E-state index contributed by atoms with van der Waals surface area (Å²) < 4.78 is 0. The largest absolute Gasteiger partial charge is 0.393 e. The van der Waals surface area contributed by atoms with E-state index >= 15 is 0 Å². The summed E-state index contributed by atoms with van der Waals surface area (Å²) in [5.41, 5.74) is 0. The fourth-order valence-corrected chi connectivity index (χ4v) is 2.72. The Balaban J connectivity index is 2.20. The number of hydrogen-bond donors (Lipinski definition) is 1. The van der Waals surface area contributed by atoms with Gasteiger partial charge in [0.2, 0.25) is 0 Å². The smallest absolute Gasteiger partial charge is 0.0602 e. The molecule has 0 bridgehead atoms. The first-order chi connectivity index (χ1) is 7.27. The van der Waals surface area contributed by atoms with E-state index in [1.807, 2.05) is 6.08 Å². The van der Waals surface area contributed by atoms with Crippen LogP contribution in [0.1, 0.15) is 58.3 Å². The molecule has 0 aromatic carbocycles. The van der Waals surface area contributed by atoms with Crippen molar-refractivity contribution in [3.8, 4) is 0 Å². The van der Waals surface area contributed by atoms with Crippen molar-refractivity contribution in [2.75, 3.05) is 0 Å². The standard InChI is InChI=1S/C14H26O/c1-3-5-7-12-8-10-13(11-9-12)14(15)6-4-2/h4,12-15H,2-3,5-11H2,1H3. The van der Waals surface area contributed by atoms with Gasteiger partial charge in [0.25, 0.3) is 0 Å². The first kappa shape index (κ1) is 12.8. The molecule has 0 aromatic rings. The number of unbranched alkanes of at least 4 members (excludes halogenated alkanes) is 1. The second kappa shape index (κ2) is 7.05. The average Bonchev–Trinajstić information content (AvgIpc) is 2.27. The minimum atomic E-state index is -0.130. The van der Waals surface area contributed by atoms with E-state index in [9.17, 15) is 5.11 Å². The Kier molecular flexibility index (Phi) is 6.00. The highest BCUT2D eigenvalue weighted by Gasteiger charge is 2.25. The minimum absolute atomic E-state index is 0.130. The molecule has 0 amide bonds. The second-order valence-corrected chi connectivity index (χ2v) is 5.01. The highest BCUT2D eigenvalue weighted by Crippen LogP contribution is 2.34. The van der Waals surface area contributed by atoms with Crippen molar-refractivity contribution in [3.63, 3.8) is 0 Å². The lowest BCUT2D eigenvalue weighted by molar-refractivity contribution is 0.0747. The van der Waals surface area contributed by atoms with Crippen molar-refractivity contribution in [2.45, 2.75) is 64.4 Å². The van der Waals surface area contributed by atoms with Crippen molar-refractivity contribution in [3.05, 3.63) is 12.7 Å². The van der Waals surface area contributed by atoms with Gasteiger partial charge in [-0.2, -0.15) is 0 Å². The molecule has 1 unspecified atom stereocenters. The van der Waals surface area contributed by atoms with E-state index in [1.165, 1.54) is 44.9 Å². The van der Waals surface area contributed by atoms with Crippen LogP contribution < -0.4 is 0 Å². The molecule has 0 spiro atoms. The van der Waals surface area contributed by atoms with Crippen LogP contribution in [-0.2, 0) is 0 Å². The van der Waals surface area contributed by atoms with Gasteiger partial charge in [0.1, 0.15) is 0 Å². The molecule has 1 aliphatic rings. The normalized spacial score (nSPS) is 28.7. The van der Waals surface area contributed by atoms with Crippen LogP contribution in [0.3, 0.4) is 0 Å². The van der Waals surface area contributed by atoms with E-state index in [2.05, 4.69) is 13.5 Å². The Hall–Kier alpha value is -0.300. The molecule has 0 radical (unpaired) electrons. The van der Waals surface area contributed by atoms with Gasteiger partial charge in [-0.3, -0.25) is 0 Å². The van der Waals surface area contributed by atoms with Crippen LogP contribution in [0.25, 0.3) is 0 Å². The van der Waals surface area contributed by atoms with Crippen LogP contribution >= 0.6 is 0 Å². The summed E-state index contributed by atoms with van der Waals surface area (Å²) in [4.78, 5) is 0. The first-order valence-corrected chi connectivity index (χ1v) is 6.56. The van der Waals surface area contributed by atoms with Gasteiger partial charge in [0, 0.05) is 0 Å². The highest BCUT2D eigenvalue weighted by molar-refractivity contribution is 4.82. The van der Waals surface area contributed by atoms with Gasteiger partial charge >= 0.3 is 0 Å². The molecule has 1 aliphatic carbocycles. The van der Waals surface area contributed by atoms with Gasteiger partial charge in [-0.15, -0.1) is 6.58 Å². The quantitative estimate of drug-likeness (QED) is 0.659. The zero-order chi connectivity index (χ0) is 11.1. The SMILES string of the molecule is C=CCC(O)C1CCC(CCCC)CC1. The lowest BCUT2D eigenvalue weighted by Gasteiger charge is -2.31. The summed E-state index contributed by atoms with van der Waals surface area (Å²) in [6.45, 7) is 5.95. The number of aliphatic hydroxyl groups is 1. The molecule has 1 N–H and O–H groups in total. The van der Waals surface area contributed by atoms with Gasteiger partial charge in [-0.25, -0.2) is 0 Å².